The van der Waals surface area contributed by atoms with E-state index in [1.54, 1.807) is 18.3 Å². The van der Waals surface area contributed by atoms with Crippen molar-refractivity contribution in [2.75, 3.05) is 32.5 Å². The first kappa shape index (κ1) is 20.7. The SMILES string of the molecule is COc1ccc(-n2cnnc2SCC(=O)N2CCCCC2C(=O)N2CCCC2)cc1. The number of ether oxygens (including phenoxy) is 1. The fraction of sp³-hybridized carbons (Fsp3) is 0.524. The van der Waals surface area contributed by atoms with Crippen LogP contribution in [0.15, 0.2) is 35.7 Å². The molecule has 1 aromatic heterocycles. The highest BCUT2D eigenvalue weighted by Crippen LogP contribution is 2.25. The molecule has 0 N–H and O–H groups in total. The summed E-state index contributed by atoms with van der Waals surface area (Å²) in [6, 6.07) is 7.27. The Morgan fingerprint density at radius 1 is 1.10 bits per heavy atom. The Kier molecular flexibility index (Phi) is 6.56. The van der Waals surface area contributed by atoms with E-state index < -0.39 is 0 Å². The first-order valence-electron chi connectivity index (χ1n) is 10.4. The third-order valence-corrected chi connectivity index (χ3v) is 6.65. The third kappa shape index (κ3) is 4.45. The quantitative estimate of drug-likeness (QED) is 0.656. The van der Waals surface area contributed by atoms with E-state index >= 15 is 0 Å². The average Bonchev–Trinajstić information content (AvgIpc) is 3.49. The minimum Gasteiger partial charge on any atom is -0.497 e. The number of hydrogen-bond acceptors (Lipinski definition) is 6. The van der Waals surface area contributed by atoms with E-state index in [4.69, 9.17) is 4.74 Å². The number of methoxy groups -OCH3 is 1. The van der Waals surface area contributed by atoms with E-state index in [0.717, 1.165) is 56.6 Å². The Hall–Kier alpha value is -2.55. The molecule has 2 aliphatic rings. The van der Waals surface area contributed by atoms with Gasteiger partial charge in [-0.1, -0.05) is 11.8 Å². The topological polar surface area (TPSA) is 80.6 Å². The van der Waals surface area contributed by atoms with Crippen molar-refractivity contribution >= 4 is 23.6 Å². The summed E-state index contributed by atoms with van der Waals surface area (Å²) in [4.78, 5) is 29.6. The van der Waals surface area contributed by atoms with Crippen LogP contribution in [0, 0.1) is 0 Å². The van der Waals surface area contributed by atoms with Gasteiger partial charge in [0.1, 0.15) is 18.1 Å². The van der Waals surface area contributed by atoms with E-state index in [0.29, 0.717) is 11.7 Å². The molecule has 1 unspecified atom stereocenters. The second-order valence-corrected chi connectivity index (χ2v) is 8.54. The molecule has 9 heteroatoms. The second kappa shape index (κ2) is 9.51. The summed E-state index contributed by atoms with van der Waals surface area (Å²) >= 11 is 1.35. The van der Waals surface area contributed by atoms with Crippen LogP contribution in [0.5, 0.6) is 5.75 Å². The van der Waals surface area contributed by atoms with Gasteiger partial charge in [-0.2, -0.15) is 0 Å². The lowest BCUT2D eigenvalue weighted by atomic mass is 10.0. The molecule has 0 aliphatic carbocycles. The Balaban J connectivity index is 1.41. The van der Waals surface area contributed by atoms with Crippen molar-refractivity contribution < 1.29 is 14.3 Å². The highest BCUT2D eigenvalue weighted by Gasteiger charge is 2.35. The van der Waals surface area contributed by atoms with Gasteiger partial charge in [-0.15, -0.1) is 10.2 Å². The molecular formula is C21H27N5O3S. The number of piperidine rings is 1. The van der Waals surface area contributed by atoms with Crippen LogP contribution < -0.4 is 4.74 Å². The van der Waals surface area contributed by atoms with E-state index in [-0.39, 0.29) is 23.6 Å². The van der Waals surface area contributed by atoms with Crippen LogP contribution in [0.4, 0.5) is 0 Å². The normalized spacial score (nSPS) is 19.2. The Labute approximate surface area is 180 Å². The van der Waals surface area contributed by atoms with Gasteiger partial charge >= 0.3 is 0 Å². The molecule has 4 rings (SSSR count). The minimum absolute atomic E-state index is 0.0125. The molecule has 0 saturated carbocycles. The van der Waals surface area contributed by atoms with Crippen molar-refractivity contribution in [2.45, 2.75) is 43.3 Å². The largest absolute Gasteiger partial charge is 0.497 e. The molecule has 2 saturated heterocycles. The maximum absolute atomic E-state index is 13.0. The maximum atomic E-state index is 13.0. The number of carbonyl (C=O) groups is 2. The summed E-state index contributed by atoms with van der Waals surface area (Å²) < 4.78 is 7.05. The third-order valence-electron chi connectivity index (χ3n) is 5.72. The molecule has 0 bridgehead atoms. The van der Waals surface area contributed by atoms with Gasteiger partial charge in [-0.05, 0) is 56.4 Å². The zero-order valence-corrected chi connectivity index (χ0v) is 18.0. The lowest BCUT2D eigenvalue weighted by Gasteiger charge is -2.36. The van der Waals surface area contributed by atoms with E-state index in [1.807, 2.05) is 33.7 Å². The lowest BCUT2D eigenvalue weighted by molar-refractivity contribution is -0.145. The van der Waals surface area contributed by atoms with E-state index in [1.165, 1.54) is 11.8 Å². The Morgan fingerprint density at radius 3 is 2.57 bits per heavy atom. The molecule has 2 amide bonds. The van der Waals surface area contributed by atoms with Crippen LogP contribution in [0.3, 0.4) is 0 Å². The summed E-state index contributed by atoms with van der Waals surface area (Å²) in [5, 5.41) is 8.82. The molecule has 30 heavy (non-hydrogen) atoms. The number of nitrogens with zero attached hydrogens (tertiary/aromatic N) is 5. The molecule has 8 nitrogen and oxygen atoms in total. The predicted molar refractivity (Wildman–Crippen MR) is 114 cm³/mol. The number of amides is 2. The van der Waals surface area contributed by atoms with Crippen molar-refractivity contribution in [2.24, 2.45) is 0 Å². The summed E-state index contributed by atoms with van der Waals surface area (Å²) in [6.45, 7) is 2.28. The zero-order chi connectivity index (χ0) is 20.9. The average molecular weight is 430 g/mol. The molecular weight excluding hydrogens is 402 g/mol. The number of aromatic nitrogens is 3. The van der Waals surface area contributed by atoms with Crippen molar-refractivity contribution in [3.8, 4) is 11.4 Å². The van der Waals surface area contributed by atoms with Gasteiger partial charge in [0, 0.05) is 25.3 Å². The smallest absolute Gasteiger partial charge is 0.245 e. The van der Waals surface area contributed by atoms with Crippen LogP contribution in [0.2, 0.25) is 0 Å². The van der Waals surface area contributed by atoms with Crippen LogP contribution >= 0.6 is 11.8 Å². The van der Waals surface area contributed by atoms with Gasteiger partial charge in [0.05, 0.1) is 12.9 Å². The van der Waals surface area contributed by atoms with Gasteiger partial charge in [-0.3, -0.25) is 14.2 Å². The van der Waals surface area contributed by atoms with Crippen LogP contribution in [-0.2, 0) is 9.59 Å². The molecule has 0 radical (unpaired) electrons. The molecule has 2 fully saturated rings. The highest BCUT2D eigenvalue weighted by atomic mass is 32.2. The highest BCUT2D eigenvalue weighted by molar-refractivity contribution is 7.99. The summed E-state index contributed by atoms with van der Waals surface area (Å²) in [7, 11) is 1.63. The van der Waals surface area contributed by atoms with E-state index in [2.05, 4.69) is 10.2 Å². The molecule has 0 spiro atoms. The van der Waals surface area contributed by atoms with Crippen LogP contribution in [-0.4, -0.2) is 74.9 Å². The Bertz CT molecular complexity index is 879. The number of rotatable bonds is 6. The molecule has 2 aliphatic heterocycles. The van der Waals surface area contributed by atoms with Crippen molar-refractivity contribution in [3.05, 3.63) is 30.6 Å². The second-order valence-electron chi connectivity index (χ2n) is 7.60. The predicted octanol–water partition coefficient (Wildman–Crippen LogP) is 2.37. The van der Waals surface area contributed by atoms with Gasteiger partial charge in [0.2, 0.25) is 11.8 Å². The number of hydrogen-bond donors (Lipinski definition) is 0. The van der Waals surface area contributed by atoms with Crippen molar-refractivity contribution in [1.82, 2.24) is 24.6 Å². The number of carbonyl (C=O) groups excluding carboxylic acids is 2. The molecule has 3 heterocycles. The summed E-state index contributed by atoms with van der Waals surface area (Å²) in [5.41, 5.74) is 0.899. The fourth-order valence-electron chi connectivity index (χ4n) is 4.09. The standard InChI is InChI=1S/C21H27N5O3S/c1-29-17-9-7-16(8-10-17)26-15-22-23-21(26)30-14-19(27)25-13-3-2-6-18(25)20(28)24-11-4-5-12-24/h7-10,15,18H,2-6,11-14H2,1H3. The van der Waals surface area contributed by atoms with Crippen molar-refractivity contribution in [3.63, 3.8) is 0 Å². The summed E-state index contributed by atoms with van der Waals surface area (Å²) in [6.07, 6.45) is 6.45. The minimum atomic E-state index is -0.315. The van der Waals surface area contributed by atoms with Gasteiger partial charge in [0.25, 0.3) is 0 Å². The van der Waals surface area contributed by atoms with Gasteiger partial charge < -0.3 is 14.5 Å². The lowest BCUT2D eigenvalue weighted by Crippen LogP contribution is -2.53. The number of benzene rings is 1. The first-order chi connectivity index (χ1) is 14.7. The monoisotopic (exact) mass is 429 g/mol. The molecule has 2 aromatic rings. The number of likely N-dealkylation sites (tertiary alicyclic amines) is 2. The first-order valence-corrected chi connectivity index (χ1v) is 11.4. The fourth-order valence-corrected chi connectivity index (χ4v) is 4.90. The summed E-state index contributed by atoms with van der Waals surface area (Å²) in [5.74, 6) is 1.11. The van der Waals surface area contributed by atoms with Gasteiger partial charge in [-0.25, -0.2) is 0 Å². The molecule has 160 valence electrons. The molecule has 1 atom stereocenters. The van der Waals surface area contributed by atoms with Crippen LogP contribution in [0.25, 0.3) is 5.69 Å². The number of thioether (sulfide) groups is 1. The Morgan fingerprint density at radius 2 is 1.83 bits per heavy atom. The maximum Gasteiger partial charge on any atom is 0.245 e. The van der Waals surface area contributed by atoms with E-state index in [9.17, 15) is 9.59 Å². The van der Waals surface area contributed by atoms with Crippen molar-refractivity contribution in [1.29, 1.82) is 0 Å². The van der Waals surface area contributed by atoms with Gasteiger partial charge in [0.15, 0.2) is 5.16 Å². The zero-order valence-electron chi connectivity index (χ0n) is 17.2. The van der Waals surface area contributed by atoms with Crippen LogP contribution in [0.1, 0.15) is 32.1 Å². The molecule has 1 aromatic carbocycles.